The fourth-order valence-electron chi connectivity index (χ4n) is 3.69. The van der Waals surface area contributed by atoms with E-state index >= 15 is 0 Å². The lowest BCUT2D eigenvalue weighted by molar-refractivity contribution is 1.01. The Kier molecular flexibility index (Phi) is 3.81. The fourth-order valence-corrected chi connectivity index (χ4v) is 3.69. The van der Waals surface area contributed by atoms with Crippen molar-refractivity contribution in [3.63, 3.8) is 0 Å². The van der Waals surface area contributed by atoms with Gasteiger partial charge in [0.1, 0.15) is 0 Å². The molecule has 1 heterocycles. The molecule has 0 fully saturated rings. The van der Waals surface area contributed by atoms with Gasteiger partial charge in [-0.2, -0.15) is 0 Å². The molecular formula is C23H22N2. The average Bonchev–Trinajstić information content (AvgIpc) is 2.94. The number of nitrogen functional groups attached to an aromatic ring is 1. The Bertz CT molecular complexity index is 1020. The van der Waals surface area contributed by atoms with Gasteiger partial charge in [-0.05, 0) is 60.4 Å². The second-order valence-electron chi connectivity index (χ2n) is 6.44. The summed E-state index contributed by atoms with van der Waals surface area (Å²) in [5.74, 6) is 0. The third kappa shape index (κ3) is 2.60. The lowest BCUT2D eigenvalue weighted by Crippen LogP contribution is -1.97. The molecule has 2 N–H and O–H groups in total. The summed E-state index contributed by atoms with van der Waals surface area (Å²) in [6.07, 6.45) is 1.04. The maximum atomic E-state index is 5.79. The van der Waals surface area contributed by atoms with Crippen LogP contribution in [0, 0.1) is 6.92 Å². The lowest BCUT2D eigenvalue weighted by atomic mass is 10.1. The fraction of sp³-hybridized carbons (Fsp3) is 0.130. The SMILES string of the molecule is CCc1c(C)n(-c2ccc(-c3ccc(N)cc3)cc2)c2ccccc12. The van der Waals surface area contributed by atoms with E-state index in [1.54, 1.807) is 0 Å². The normalized spacial score (nSPS) is 11.1. The Hall–Kier alpha value is -3.00. The van der Waals surface area contributed by atoms with Crippen LogP contribution in [0.15, 0.2) is 72.8 Å². The van der Waals surface area contributed by atoms with Crippen LogP contribution >= 0.6 is 0 Å². The summed E-state index contributed by atoms with van der Waals surface area (Å²) < 4.78 is 2.36. The highest BCUT2D eigenvalue weighted by molar-refractivity contribution is 5.87. The van der Waals surface area contributed by atoms with Gasteiger partial charge in [-0.25, -0.2) is 0 Å². The third-order valence-electron chi connectivity index (χ3n) is 4.97. The molecule has 2 nitrogen and oxygen atoms in total. The lowest BCUT2D eigenvalue weighted by Gasteiger charge is -2.10. The Morgan fingerprint density at radius 2 is 1.40 bits per heavy atom. The van der Waals surface area contributed by atoms with Gasteiger partial charge in [-0.1, -0.05) is 49.4 Å². The zero-order valence-electron chi connectivity index (χ0n) is 14.7. The van der Waals surface area contributed by atoms with Crippen LogP contribution in [0.1, 0.15) is 18.2 Å². The first-order chi connectivity index (χ1) is 12.2. The molecule has 4 aromatic rings. The average molecular weight is 326 g/mol. The van der Waals surface area contributed by atoms with Crippen LogP contribution in [-0.4, -0.2) is 4.57 Å². The number of hydrogen-bond acceptors (Lipinski definition) is 1. The van der Waals surface area contributed by atoms with Gasteiger partial charge in [-0.15, -0.1) is 0 Å². The van der Waals surface area contributed by atoms with E-state index in [0.29, 0.717) is 0 Å². The van der Waals surface area contributed by atoms with Gasteiger partial charge in [-0.3, -0.25) is 0 Å². The number of fused-ring (bicyclic) bond motifs is 1. The number of aromatic nitrogens is 1. The number of nitrogens with two attached hydrogens (primary N) is 1. The molecule has 0 radical (unpaired) electrons. The Morgan fingerprint density at radius 3 is 2.04 bits per heavy atom. The standard InChI is InChI=1S/C23H22N2/c1-3-21-16(2)25(23-7-5-4-6-22(21)23)20-14-10-18(11-15-20)17-8-12-19(24)13-9-17/h4-15H,3,24H2,1-2H3. The minimum atomic E-state index is 0.793. The van der Waals surface area contributed by atoms with E-state index in [9.17, 15) is 0 Å². The van der Waals surface area contributed by atoms with Crippen LogP contribution in [0.3, 0.4) is 0 Å². The highest BCUT2D eigenvalue weighted by atomic mass is 15.0. The summed E-state index contributed by atoms with van der Waals surface area (Å²) in [6, 6.07) is 25.4. The van der Waals surface area contributed by atoms with Crippen LogP contribution < -0.4 is 5.73 Å². The highest BCUT2D eigenvalue weighted by Crippen LogP contribution is 2.30. The summed E-state index contributed by atoms with van der Waals surface area (Å²) in [4.78, 5) is 0. The van der Waals surface area contributed by atoms with Crippen LogP contribution in [0.25, 0.3) is 27.7 Å². The number of nitrogens with zero attached hydrogens (tertiary/aromatic N) is 1. The molecule has 0 saturated carbocycles. The van der Waals surface area contributed by atoms with Gasteiger partial charge < -0.3 is 10.3 Å². The largest absolute Gasteiger partial charge is 0.399 e. The Morgan fingerprint density at radius 1 is 0.800 bits per heavy atom. The second-order valence-corrected chi connectivity index (χ2v) is 6.44. The monoisotopic (exact) mass is 326 g/mol. The van der Waals surface area contributed by atoms with Gasteiger partial charge in [0.15, 0.2) is 0 Å². The molecule has 3 aromatic carbocycles. The summed E-state index contributed by atoms with van der Waals surface area (Å²) >= 11 is 0. The Labute approximate surface area is 148 Å². The molecule has 1 aromatic heterocycles. The Balaban J connectivity index is 1.82. The van der Waals surface area contributed by atoms with Crippen LogP contribution in [0.5, 0.6) is 0 Å². The molecule has 0 unspecified atom stereocenters. The van der Waals surface area contributed by atoms with Gasteiger partial charge in [0.25, 0.3) is 0 Å². The summed E-state index contributed by atoms with van der Waals surface area (Å²) in [5, 5.41) is 1.35. The highest BCUT2D eigenvalue weighted by Gasteiger charge is 2.13. The van der Waals surface area contributed by atoms with Gasteiger partial charge >= 0.3 is 0 Å². The molecule has 0 bridgehead atoms. The predicted octanol–water partition coefficient (Wildman–Crippen LogP) is 5.75. The summed E-state index contributed by atoms with van der Waals surface area (Å²) in [5.41, 5.74) is 14.2. The molecular weight excluding hydrogens is 304 g/mol. The maximum Gasteiger partial charge on any atom is 0.0534 e. The first kappa shape index (κ1) is 15.5. The van der Waals surface area contributed by atoms with Crippen LogP contribution in [0.2, 0.25) is 0 Å². The molecule has 0 atom stereocenters. The number of para-hydroxylation sites is 1. The molecule has 124 valence electrons. The smallest absolute Gasteiger partial charge is 0.0534 e. The first-order valence-corrected chi connectivity index (χ1v) is 8.74. The van der Waals surface area contributed by atoms with Crippen molar-refractivity contribution in [2.45, 2.75) is 20.3 Å². The number of anilines is 1. The molecule has 0 aliphatic carbocycles. The maximum absolute atomic E-state index is 5.79. The third-order valence-corrected chi connectivity index (χ3v) is 4.97. The first-order valence-electron chi connectivity index (χ1n) is 8.74. The molecule has 0 spiro atoms. The number of aryl methyl sites for hydroxylation is 1. The van der Waals surface area contributed by atoms with E-state index in [1.807, 2.05) is 12.1 Å². The summed E-state index contributed by atoms with van der Waals surface area (Å²) in [7, 11) is 0. The van der Waals surface area contributed by atoms with E-state index in [1.165, 1.54) is 39.0 Å². The molecule has 4 rings (SSSR count). The van der Waals surface area contributed by atoms with Crippen molar-refractivity contribution < 1.29 is 0 Å². The van der Waals surface area contributed by atoms with E-state index in [2.05, 4.69) is 79.1 Å². The minimum Gasteiger partial charge on any atom is -0.399 e. The van der Waals surface area contributed by atoms with Crippen molar-refractivity contribution in [3.8, 4) is 16.8 Å². The number of hydrogen-bond donors (Lipinski definition) is 1. The van der Waals surface area contributed by atoms with E-state index < -0.39 is 0 Å². The zero-order chi connectivity index (χ0) is 17.4. The predicted molar refractivity (Wildman–Crippen MR) is 107 cm³/mol. The number of rotatable bonds is 3. The molecule has 2 heteroatoms. The van der Waals surface area contributed by atoms with Crippen LogP contribution in [-0.2, 0) is 6.42 Å². The van der Waals surface area contributed by atoms with Crippen molar-refractivity contribution in [1.29, 1.82) is 0 Å². The van der Waals surface area contributed by atoms with E-state index in [4.69, 9.17) is 5.73 Å². The second kappa shape index (κ2) is 6.14. The van der Waals surface area contributed by atoms with Crippen molar-refractivity contribution >= 4 is 16.6 Å². The van der Waals surface area contributed by atoms with Gasteiger partial charge in [0.2, 0.25) is 0 Å². The van der Waals surface area contributed by atoms with Gasteiger partial charge in [0.05, 0.1) is 5.52 Å². The van der Waals surface area contributed by atoms with Crippen molar-refractivity contribution in [3.05, 3.63) is 84.1 Å². The number of benzene rings is 3. The zero-order valence-corrected chi connectivity index (χ0v) is 14.7. The molecule has 0 aliphatic heterocycles. The summed E-state index contributed by atoms with van der Waals surface area (Å²) in [6.45, 7) is 4.44. The van der Waals surface area contributed by atoms with E-state index in [-0.39, 0.29) is 0 Å². The van der Waals surface area contributed by atoms with Gasteiger partial charge in [0, 0.05) is 22.5 Å². The molecule has 0 amide bonds. The van der Waals surface area contributed by atoms with Crippen molar-refractivity contribution in [2.24, 2.45) is 0 Å². The minimum absolute atomic E-state index is 0.793. The topological polar surface area (TPSA) is 30.9 Å². The van der Waals surface area contributed by atoms with Crippen LogP contribution in [0.4, 0.5) is 5.69 Å². The van der Waals surface area contributed by atoms with E-state index in [0.717, 1.165) is 12.1 Å². The van der Waals surface area contributed by atoms with Crippen molar-refractivity contribution in [1.82, 2.24) is 4.57 Å². The molecule has 0 aliphatic rings. The quantitative estimate of drug-likeness (QED) is 0.477. The molecule has 0 saturated heterocycles. The molecule has 25 heavy (non-hydrogen) atoms. The van der Waals surface area contributed by atoms with Crippen molar-refractivity contribution in [2.75, 3.05) is 5.73 Å².